The second-order valence-electron chi connectivity index (χ2n) is 10.4. The maximum Gasteiger partial charge on any atom is 0.358 e. The third-order valence-electron chi connectivity index (χ3n) is 7.15. The maximum absolute atomic E-state index is 12.3. The molecule has 0 bridgehead atoms. The van der Waals surface area contributed by atoms with Crippen molar-refractivity contribution in [3.05, 3.63) is 70.2 Å². The molecule has 0 atom stereocenters. The normalized spacial score (nSPS) is 12.7. The summed E-state index contributed by atoms with van der Waals surface area (Å²) in [6, 6.07) is 16.1. The van der Waals surface area contributed by atoms with Gasteiger partial charge in [-0.3, -0.25) is 5.43 Å². The first-order valence-electron chi connectivity index (χ1n) is 15.3. The number of rotatable bonds is 14. The number of ether oxygens (including phenoxy) is 2. The number of anilines is 5. The minimum atomic E-state index is -0.707. The van der Waals surface area contributed by atoms with Crippen molar-refractivity contribution in [2.45, 2.75) is 47.0 Å². The van der Waals surface area contributed by atoms with E-state index >= 15 is 0 Å². The minimum Gasteiger partial charge on any atom is -0.462 e. The highest BCUT2D eigenvalue weighted by Gasteiger charge is 2.25. The molecule has 12 nitrogen and oxygen atoms in total. The van der Waals surface area contributed by atoms with Crippen LogP contribution in [0.1, 0.15) is 64.9 Å². The number of aryl methyl sites for hydroxylation is 2. The number of benzene rings is 2. The number of hydrazine groups is 2. The Bertz CT molecular complexity index is 1660. The molecule has 0 radical (unpaired) electrons. The third-order valence-corrected chi connectivity index (χ3v) is 9.13. The van der Waals surface area contributed by atoms with Gasteiger partial charge in [-0.25, -0.2) is 14.6 Å². The highest BCUT2D eigenvalue weighted by molar-refractivity contribution is 7.20. The first kappa shape index (κ1) is 32.7. The van der Waals surface area contributed by atoms with Crippen LogP contribution in [-0.2, 0) is 15.9 Å². The minimum absolute atomic E-state index is 0.0390. The Balaban J connectivity index is 1.19. The van der Waals surface area contributed by atoms with E-state index in [9.17, 15) is 9.59 Å². The number of azo groups is 1. The second kappa shape index (κ2) is 15.5. The van der Waals surface area contributed by atoms with Crippen molar-refractivity contribution in [2.24, 2.45) is 10.2 Å². The Labute approximate surface area is 276 Å². The molecular weight excluding hydrogens is 625 g/mol. The fourth-order valence-corrected chi connectivity index (χ4v) is 6.51. The smallest absolute Gasteiger partial charge is 0.358 e. The van der Waals surface area contributed by atoms with Gasteiger partial charge < -0.3 is 30.7 Å². The lowest BCUT2D eigenvalue weighted by Gasteiger charge is -2.16. The molecule has 1 aliphatic heterocycles. The number of carbonyl (C=O) groups excluding carboxylic acids is 2. The van der Waals surface area contributed by atoms with Crippen LogP contribution in [0.2, 0.25) is 0 Å². The zero-order valence-electron chi connectivity index (χ0n) is 26.3. The van der Waals surface area contributed by atoms with E-state index < -0.39 is 11.9 Å². The number of hydrogen-bond acceptors (Lipinski definition) is 14. The van der Waals surface area contributed by atoms with Crippen LogP contribution < -0.4 is 26.6 Å². The van der Waals surface area contributed by atoms with Crippen molar-refractivity contribution in [3.8, 4) is 0 Å². The van der Waals surface area contributed by atoms with E-state index in [0.717, 1.165) is 64.0 Å². The van der Waals surface area contributed by atoms with E-state index in [1.54, 1.807) is 25.2 Å². The molecule has 0 aliphatic carbocycles. The summed E-state index contributed by atoms with van der Waals surface area (Å²) in [5, 5.41) is 11.0. The van der Waals surface area contributed by atoms with Gasteiger partial charge in [0.1, 0.15) is 9.88 Å². The van der Waals surface area contributed by atoms with Gasteiger partial charge >= 0.3 is 11.9 Å². The molecule has 5 rings (SSSR count). The van der Waals surface area contributed by atoms with Crippen LogP contribution in [0.15, 0.2) is 58.8 Å². The second-order valence-corrected chi connectivity index (χ2v) is 12.4. The van der Waals surface area contributed by atoms with Gasteiger partial charge in [-0.1, -0.05) is 29.6 Å². The van der Waals surface area contributed by atoms with Gasteiger partial charge in [0.2, 0.25) is 5.13 Å². The summed E-state index contributed by atoms with van der Waals surface area (Å²) in [6.07, 6.45) is 3.38. The number of nitrogens with one attached hydrogen (secondary N) is 4. The van der Waals surface area contributed by atoms with Crippen molar-refractivity contribution >= 4 is 72.5 Å². The Morgan fingerprint density at radius 2 is 1.57 bits per heavy atom. The van der Waals surface area contributed by atoms with E-state index in [4.69, 9.17) is 9.47 Å². The van der Waals surface area contributed by atoms with E-state index in [-0.39, 0.29) is 28.9 Å². The van der Waals surface area contributed by atoms with Gasteiger partial charge in [-0.15, -0.1) is 10.2 Å². The van der Waals surface area contributed by atoms with Crippen LogP contribution in [-0.4, -0.2) is 43.2 Å². The van der Waals surface area contributed by atoms with Gasteiger partial charge in [0.05, 0.1) is 41.0 Å². The van der Waals surface area contributed by atoms with E-state index in [0.29, 0.717) is 5.69 Å². The zero-order valence-corrected chi connectivity index (χ0v) is 27.9. The van der Waals surface area contributed by atoms with Crippen LogP contribution in [0.4, 0.5) is 37.9 Å². The lowest BCUT2D eigenvalue weighted by atomic mass is 10.1. The fourth-order valence-electron chi connectivity index (χ4n) is 4.83. The quantitative estimate of drug-likeness (QED) is 0.0591. The van der Waals surface area contributed by atoms with E-state index in [1.165, 1.54) is 17.8 Å². The molecule has 0 amide bonds. The Morgan fingerprint density at radius 1 is 0.848 bits per heavy atom. The van der Waals surface area contributed by atoms with E-state index in [2.05, 4.69) is 66.9 Å². The average molecular weight is 663 g/mol. The molecule has 0 saturated carbocycles. The van der Waals surface area contributed by atoms with Crippen molar-refractivity contribution in [1.29, 1.82) is 0 Å². The molecule has 4 aromatic rings. The fraction of sp³-hybridized carbons (Fsp3) is 0.344. The number of carbonyl (C=O) groups is 2. The summed E-state index contributed by atoms with van der Waals surface area (Å²) in [7, 11) is 0. The standard InChI is InChI=1S/C32H38N8O4S2/c1-5-21-19-23(35-38-26-14-15-27(45-26)40-16-8-9-17-40)11-13-25(21)37-34-22-10-12-24(20(4)18-22)36-39-32-33-28(30(41)43-6-2)29(46-32)31(42)44-7-3/h10-15,18-19,34-35,37-38H,5-9,16-17H2,1-4H3/b39-36+. The topological polar surface area (TPSA) is 142 Å². The summed E-state index contributed by atoms with van der Waals surface area (Å²) in [6.45, 7) is 10.00. The molecule has 1 fully saturated rings. The van der Waals surface area contributed by atoms with Crippen LogP contribution in [0.5, 0.6) is 0 Å². The number of esters is 2. The largest absolute Gasteiger partial charge is 0.462 e. The summed E-state index contributed by atoms with van der Waals surface area (Å²) in [4.78, 5) is 31.3. The molecule has 242 valence electrons. The molecule has 1 aliphatic rings. The zero-order chi connectivity index (χ0) is 32.5. The van der Waals surface area contributed by atoms with E-state index in [1.807, 2.05) is 37.3 Å². The molecule has 2 aromatic heterocycles. The molecule has 0 spiro atoms. The van der Waals surface area contributed by atoms with Crippen molar-refractivity contribution in [3.63, 3.8) is 0 Å². The number of thiazole rings is 1. The molecule has 2 aromatic carbocycles. The highest BCUT2D eigenvalue weighted by atomic mass is 32.1. The number of nitrogens with zero attached hydrogens (tertiary/aromatic N) is 4. The summed E-state index contributed by atoms with van der Waals surface area (Å²) in [5.74, 6) is -1.36. The summed E-state index contributed by atoms with van der Waals surface area (Å²) < 4.78 is 10.1. The highest BCUT2D eigenvalue weighted by Crippen LogP contribution is 2.33. The monoisotopic (exact) mass is 662 g/mol. The predicted molar refractivity (Wildman–Crippen MR) is 185 cm³/mol. The molecular formula is C32H38N8O4S2. The van der Waals surface area contributed by atoms with Gasteiger partial charge in [-0.2, -0.15) is 0 Å². The average Bonchev–Trinajstić information content (AvgIpc) is 3.84. The van der Waals surface area contributed by atoms with Crippen LogP contribution in [0.3, 0.4) is 0 Å². The molecule has 1 saturated heterocycles. The maximum atomic E-state index is 12.3. The van der Waals surface area contributed by atoms with Crippen LogP contribution in [0, 0.1) is 6.92 Å². The van der Waals surface area contributed by atoms with Crippen molar-refractivity contribution in [1.82, 2.24) is 4.98 Å². The molecule has 14 heteroatoms. The molecule has 46 heavy (non-hydrogen) atoms. The van der Waals surface area contributed by atoms with Crippen molar-refractivity contribution < 1.29 is 19.1 Å². The van der Waals surface area contributed by atoms with Gasteiger partial charge in [0, 0.05) is 13.1 Å². The Kier molecular flexibility index (Phi) is 11.0. The number of hydrogen-bond donors (Lipinski definition) is 4. The molecule has 0 unspecified atom stereocenters. The van der Waals surface area contributed by atoms with Crippen molar-refractivity contribution in [2.75, 3.05) is 52.9 Å². The molecule has 3 heterocycles. The lowest BCUT2D eigenvalue weighted by Crippen LogP contribution is -2.15. The number of thiophene rings is 1. The van der Waals surface area contributed by atoms with Gasteiger partial charge in [0.15, 0.2) is 5.69 Å². The van der Waals surface area contributed by atoms with Crippen LogP contribution in [0.25, 0.3) is 0 Å². The SMILES string of the molecule is CCOC(=O)c1nc(/N=N/c2ccc(NNc3ccc(NNc4ccc(N5CCCC5)s4)cc3CC)cc2C)sc1C(=O)OCC. The van der Waals surface area contributed by atoms with Crippen LogP contribution >= 0.6 is 22.7 Å². The molecule has 4 N–H and O–H groups in total. The lowest BCUT2D eigenvalue weighted by molar-refractivity contribution is 0.0479. The Morgan fingerprint density at radius 3 is 2.30 bits per heavy atom. The summed E-state index contributed by atoms with van der Waals surface area (Å²) >= 11 is 2.69. The summed E-state index contributed by atoms with van der Waals surface area (Å²) in [5.41, 5.74) is 18.6. The first-order valence-corrected chi connectivity index (χ1v) is 16.9. The predicted octanol–water partition coefficient (Wildman–Crippen LogP) is 8.32. The van der Waals surface area contributed by atoms with Gasteiger partial charge in [0.25, 0.3) is 0 Å². The Hall–Kier alpha value is -4.69. The first-order chi connectivity index (χ1) is 22.4. The third kappa shape index (κ3) is 8.12. The van der Waals surface area contributed by atoms with Gasteiger partial charge in [-0.05, 0) is 99.7 Å². The number of aromatic nitrogens is 1.